The van der Waals surface area contributed by atoms with Crippen LogP contribution in [-0.2, 0) is 4.79 Å². The van der Waals surface area contributed by atoms with Gasteiger partial charge in [0.2, 0.25) is 5.91 Å². The molecule has 0 heterocycles. The highest BCUT2D eigenvalue weighted by atomic mass is 16.1. The lowest BCUT2D eigenvalue weighted by Crippen LogP contribution is -2.43. The molecule has 0 aromatic carbocycles. The van der Waals surface area contributed by atoms with Crippen molar-refractivity contribution in [3.05, 3.63) is 0 Å². The van der Waals surface area contributed by atoms with Crippen molar-refractivity contribution in [2.75, 3.05) is 6.54 Å². The Morgan fingerprint density at radius 2 is 1.84 bits per heavy atom. The minimum atomic E-state index is 0.141. The summed E-state index contributed by atoms with van der Waals surface area (Å²) >= 11 is 0. The number of nitrogens with one attached hydrogen (secondary N) is 1. The van der Waals surface area contributed by atoms with Crippen molar-refractivity contribution in [3.63, 3.8) is 0 Å². The SMILES string of the molecule is CC1CCCCC1CNC(=O)C1CC(N)CCC1C. The fourth-order valence-corrected chi connectivity index (χ4v) is 3.78. The van der Waals surface area contributed by atoms with E-state index >= 15 is 0 Å². The van der Waals surface area contributed by atoms with Gasteiger partial charge < -0.3 is 11.1 Å². The molecule has 0 bridgehead atoms. The van der Waals surface area contributed by atoms with E-state index in [1.165, 1.54) is 25.7 Å². The van der Waals surface area contributed by atoms with Gasteiger partial charge in [-0.2, -0.15) is 0 Å². The maximum Gasteiger partial charge on any atom is 0.223 e. The third-order valence-electron chi connectivity index (χ3n) is 5.40. The molecule has 2 saturated carbocycles. The Kier molecular flexibility index (Phi) is 5.26. The number of hydrogen-bond donors (Lipinski definition) is 2. The predicted molar refractivity (Wildman–Crippen MR) is 78.6 cm³/mol. The monoisotopic (exact) mass is 266 g/mol. The van der Waals surface area contributed by atoms with Crippen LogP contribution in [0.5, 0.6) is 0 Å². The van der Waals surface area contributed by atoms with Crippen LogP contribution in [0.3, 0.4) is 0 Å². The maximum absolute atomic E-state index is 12.3. The lowest BCUT2D eigenvalue weighted by Gasteiger charge is -2.33. The smallest absolute Gasteiger partial charge is 0.223 e. The highest BCUT2D eigenvalue weighted by Gasteiger charge is 2.31. The summed E-state index contributed by atoms with van der Waals surface area (Å²) in [4.78, 5) is 12.3. The van der Waals surface area contributed by atoms with Crippen molar-refractivity contribution in [3.8, 4) is 0 Å². The Balaban J connectivity index is 1.79. The van der Waals surface area contributed by atoms with E-state index in [0.29, 0.717) is 11.8 Å². The van der Waals surface area contributed by atoms with Crippen molar-refractivity contribution >= 4 is 5.91 Å². The number of hydrogen-bond acceptors (Lipinski definition) is 2. The van der Waals surface area contributed by atoms with Gasteiger partial charge >= 0.3 is 0 Å². The van der Waals surface area contributed by atoms with Crippen molar-refractivity contribution < 1.29 is 4.79 Å². The van der Waals surface area contributed by atoms with Crippen LogP contribution >= 0.6 is 0 Å². The zero-order valence-corrected chi connectivity index (χ0v) is 12.5. The summed E-state index contributed by atoms with van der Waals surface area (Å²) in [7, 11) is 0. The molecule has 0 spiro atoms. The van der Waals surface area contributed by atoms with Crippen LogP contribution in [0.1, 0.15) is 58.8 Å². The molecule has 0 saturated heterocycles. The van der Waals surface area contributed by atoms with Crippen molar-refractivity contribution in [2.45, 2.75) is 64.8 Å². The van der Waals surface area contributed by atoms with Crippen LogP contribution in [0.4, 0.5) is 0 Å². The molecule has 5 atom stereocenters. The van der Waals surface area contributed by atoms with Crippen LogP contribution in [0.2, 0.25) is 0 Å². The van der Waals surface area contributed by atoms with E-state index in [9.17, 15) is 4.79 Å². The average molecular weight is 266 g/mol. The predicted octanol–water partition coefficient (Wildman–Crippen LogP) is 2.69. The molecule has 0 radical (unpaired) electrons. The molecule has 0 aromatic heterocycles. The molecule has 3 nitrogen and oxygen atoms in total. The van der Waals surface area contributed by atoms with Gasteiger partial charge in [0.05, 0.1) is 0 Å². The van der Waals surface area contributed by atoms with Gasteiger partial charge in [0.25, 0.3) is 0 Å². The van der Waals surface area contributed by atoms with Crippen LogP contribution < -0.4 is 11.1 Å². The average Bonchev–Trinajstić information content (AvgIpc) is 2.40. The standard InChI is InChI=1S/C16H30N2O/c1-11-5-3-4-6-13(11)10-18-16(19)15-9-14(17)8-7-12(15)2/h11-15H,3-10,17H2,1-2H3,(H,18,19). The summed E-state index contributed by atoms with van der Waals surface area (Å²) in [5.41, 5.74) is 6.01. The third-order valence-corrected chi connectivity index (χ3v) is 5.40. The Hall–Kier alpha value is -0.570. The Morgan fingerprint density at radius 3 is 2.58 bits per heavy atom. The normalized spacial score (nSPS) is 39.8. The van der Waals surface area contributed by atoms with E-state index in [1.54, 1.807) is 0 Å². The molecule has 5 unspecified atom stereocenters. The molecule has 110 valence electrons. The van der Waals surface area contributed by atoms with Crippen LogP contribution in [-0.4, -0.2) is 18.5 Å². The van der Waals surface area contributed by atoms with Crippen molar-refractivity contribution in [1.82, 2.24) is 5.32 Å². The summed E-state index contributed by atoms with van der Waals surface area (Å²) in [5, 5.41) is 3.21. The zero-order chi connectivity index (χ0) is 13.8. The first-order chi connectivity index (χ1) is 9.08. The number of carbonyl (C=O) groups is 1. The second-order valence-corrected chi connectivity index (χ2v) is 6.92. The molecule has 0 aliphatic heterocycles. The molecule has 0 aromatic rings. The molecular formula is C16H30N2O. The van der Waals surface area contributed by atoms with E-state index in [0.717, 1.165) is 31.7 Å². The quantitative estimate of drug-likeness (QED) is 0.825. The van der Waals surface area contributed by atoms with E-state index in [4.69, 9.17) is 5.73 Å². The van der Waals surface area contributed by atoms with E-state index in [1.807, 2.05) is 0 Å². The van der Waals surface area contributed by atoms with Gasteiger partial charge in [-0.05, 0) is 43.4 Å². The minimum Gasteiger partial charge on any atom is -0.356 e. The van der Waals surface area contributed by atoms with Gasteiger partial charge in [0, 0.05) is 18.5 Å². The zero-order valence-electron chi connectivity index (χ0n) is 12.5. The van der Waals surface area contributed by atoms with E-state index < -0.39 is 0 Å². The van der Waals surface area contributed by atoms with Gasteiger partial charge in [-0.3, -0.25) is 4.79 Å². The summed E-state index contributed by atoms with van der Waals surface area (Å²) in [6, 6.07) is 0.223. The topological polar surface area (TPSA) is 55.1 Å². The summed E-state index contributed by atoms with van der Waals surface area (Å²) in [5.74, 6) is 2.33. The number of nitrogens with two attached hydrogens (primary N) is 1. The lowest BCUT2D eigenvalue weighted by molar-refractivity contribution is -0.128. The van der Waals surface area contributed by atoms with E-state index in [-0.39, 0.29) is 17.9 Å². The van der Waals surface area contributed by atoms with Gasteiger partial charge in [-0.25, -0.2) is 0 Å². The molecular weight excluding hydrogens is 236 g/mol. The van der Waals surface area contributed by atoms with Gasteiger partial charge in [-0.1, -0.05) is 33.1 Å². The van der Waals surface area contributed by atoms with Crippen LogP contribution in [0.15, 0.2) is 0 Å². The maximum atomic E-state index is 12.3. The highest BCUT2D eigenvalue weighted by Crippen LogP contribution is 2.31. The highest BCUT2D eigenvalue weighted by molar-refractivity contribution is 5.79. The number of amides is 1. The van der Waals surface area contributed by atoms with E-state index in [2.05, 4.69) is 19.2 Å². The van der Waals surface area contributed by atoms with Gasteiger partial charge in [0.15, 0.2) is 0 Å². The summed E-state index contributed by atoms with van der Waals surface area (Å²) in [6.07, 6.45) is 8.33. The number of carbonyl (C=O) groups excluding carboxylic acids is 1. The molecule has 2 rings (SSSR count). The van der Waals surface area contributed by atoms with Gasteiger partial charge in [-0.15, -0.1) is 0 Å². The largest absolute Gasteiger partial charge is 0.356 e. The first-order valence-corrected chi connectivity index (χ1v) is 8.11. The first-order valence-electron chi connectivity index (χ1n) is 8.11. The molecule has 2 aliphatic carbocycles. The minimum absolute atomic E-state index is 0.141. The Labute approximate surface area is 117 Å². The molecule has 3 heteroatoms. The second kappa shape index (κ2) is 6.74. The number of rotatable bonds is 3. The summed E-state index contributed by atoms with van der Waals surface area (Å²) < 4.78 is 0. The molecule has 19 heavy (non-hydrogen) atoms. The second-order valence-electron chi connectivity index (χ2n) is 6.92. The first kappa shape index (κ1) is 14.8. The molecule has 2 fully saturated rings. The fourth-order valence-electron chi connectivity index (χ4n) is 3.78. The summed E-state index contributed by atoms with van der Waals surface area (Å²) in [6.45, 7) is 5.40. The van der Waals surface area contributed by atoms with Crippen molar-refractivity contribution in [1.29, 1.82) is 0 Å². The Bertz CT molecular complexity index is 305. The third kappa shape index (κ3) is 3.95. The van der Waals surface area contributed by atoms with Gasteiger partial charge in [0.1, 0.15) is 0 Å². The van der Waals surface area contributed by atoms with Crippen molar-refractivity contribution in [2.24, 2.45) is 29.4 Å². The lowest BCUT2D eigenvalue weighted by atomic mass is 9.77. The molecule has 2 aliphatic rings. The fraction of sp³-hybridized carbons (Fsp3) is 0.938. The molecule has 1 amide bonds. The van der Waals surface area contributed by atoms with Crippen LogP contribution in [0, 0.1) is 23.7 Å². The Morgan fingerprint density at radius 1 is 1.11 bits per heavy atom. The van der Waals surface area contributed by atoms with Crippen LogP contribution in [0.25, 0.3) is 0 Å². The molecule has 3 N–H and O–H groups in total.